The molecular weight excluding hydrogens is 388 g/mol. The smallest absolute Gasteiger partial charge is 0.347 e. The lowest BCUT2D eigenvalue weighted by molar-refractivity contribution is 0.104. The quantitative estimate of drug-likeness (QED) is 0.262. The van der Waals surface area contributed by atoms with Crippen LogP contribution in [0.4, 0.5) is 0 Å². The SMILES string of the molecule is CSc1ccc(C=CC(=O)c2cc3cc(Br)ccc3oc2=O)cc1. The van der Waals surface area contributed by atoms with E-state index in [-0.39, 0.29) is 11.3 Å². The fraction of sp³-hybridized carbons (Fsp3) is 0.0526. The predicted octanol–water partition coefficient (Wildman–Crippen LogP) is 5.17. The molecule has 1 aromatic heterocycles. The molecule has 120 valence electrons. The van der Waals surface area contributed by atoms with E-state index in [4.69, 9.17) is 4.42 Å². The molecule has 0 saturated heterocycles. The summed E-state index contributed by atoms with van der Waals surface area (Å²) in [7, 11) is 0. The van der Waals surface area contributed by atoms with Gasteiger partial charge in [-0.25, -0.2) is 4.79 Å². The zero-order chi connectivity index (χ0) is 17.1. The fourth-order valence-electron chi connectivity index (χ4n) is 2.24. The zero-order valence-electron chi connectivity index (χ0n) is 12.8. The fourth-order valence-corrected chi connectivity index (χ4v) is 3.03. The number of thioether (sulfide) groups is 1. The van der Waals surface area contributed by atoms with E-state index in [0.29, 0.717) is 11.0 Å². The topological polar surface area (TPSA) is 47.3 Å². The monoisotopic (exact) mass is 400 g/mol. The van der Waals surface area contributed by atoms with Gasteiger partial charge >= 0.3 is 5.63 Å². The minimum Gasteiger partial charge on any atom is -0.422 e. The highest BCUT2D eigenvalue weighted by molar-refractivity contribution is 9.10. The second-order valence-electron chi connectivity index (χ2n) is 5.10. The van der Waals surface area contributed by atoms with Crippen LogP contribution in [0.15, 0.2) is 73.2 Å². The first kappa shape index (κ1) is 16.7. The standard InChI is InChI=1S/C19H13BrO3S/c1-24-15-6-2-12(3-7-15)4-8-17(21)16-11-13-10-14(20)5-9-18(13)23-19(16)22/h2-11H,1H3. The molecule has 3 rings (SSSR count). The Kier molecular flexibility index (Phi) is 5.02. The first-order valence-electron chi connectivity index (χ1n) is 7.17. The predicted molar refractivity (Wildman–Crippen MR) is 102 cm³/mol. The van der Waals surface area contributed by atoms with Gasteiger partial charge in [0.1, 0.15) is 11.1 Å². The van der Waals surface area contributed by atoms with Crippen molar-refractivity contribution in [3.8, 4) is 0 Å². The number of allylic oxidation sites excluding steroid dienone is 1. The van der Waals surface area contributed by atoms with Crippen LogP contribution in [-0.2, 0) is 0 Å². The first-order valence-corrected chi connectivity index (χ1v) is 9.18. The molecule has 0 fully saturated rings. The summed E-state index contributed by atoms with van der Waals surface area (Å²) < 4.78 is 6.07. The second kappa shape index (κ2) is 7.20. The van der Waals surface area contributed by atoms with Gasteiger partial charge in [0.15, 0.2) is 5.78 Å². The van der Waals surface area contributed by atoms with E-state index in [1.807, 2.05) is 30.5 Å². The summed E-state index contributed by atoms with van der Waals surface area (Å²) in [5.74, 6) is -0.375. The van der Waals surface area contributed by atoms with E-state index in [0.717, 1.165) is 14.9 Å². The van der Waals surface area contributed by atoms with Gasteiger partial charge in [0.25, 0.3) is 0 Å². The van der Waals surface area contributed by atoms with Crippen molar-refractivity contribution in [2.24, 2.45) is 0 Å². The Morgan fingerprint density at radius 2 is 1.88 bits per heavy atom. The molecule has 3 nitrogen and oxygen atoms in total. The van der Waals surface area contributed by atoms with Crippen molar-refractivity contribution in [2.45, 2.75) is 4.90 Å². The van der Waals surface area contributed by atoms with Gasteiger partial charge in [-0.05, 0) is 54.3 Å². The molecule has 0 radical (unpaired) electrons. The Hall–Kier alpha value is -2.11. The van der Waals surface area contributed by atoms with Crippen molar-refractivity contribution >= 4 is 50.5 Å². The molecule has 0 aliphatic carbocycles. The highest BCUT2D eigenvalue weighted by atomic mass is 79.9. The van der Waals surface area contributed by atoms with Crippen LogP contribution in [0.25, 0.3) is 17.0 Å². The summed E-state index contributed by atoms with van der Waals surface area (Å²) in [5.41, 5.74) is 0.750. The number of ketones is 1. The molecule has 0 N–H and O–H groups in total. The summed E-state index contributed by atoms with van der Waals surface area (Å²) in [6.45, 7) is 0. The largest absolute Gasteiger partial charge is 0.422 e. The molecule has 2 aromatic carbocycles. The number of rotatable bonds is 4. The summed E-state index contributed by atoms with van der Waals surface area (Å²) in [5, 5.41) is 0.699. The normalized spacial score (nSPS) is 11.2. The highest BCUT2D eigenvalue weighted by Crippen LogP contribution is 2.20. The van der Waals surface area contributed by atoms with Crippen molar-refractivity contribution in [3.05, 3.63) is 80.6 Å². The molecule has 24 heavy (non-hydrogen) atoms. The third kappa shape index (κ3) is 3.68. The summed E-state index contributed by atoms with van der Waals surface area (Å²) in [6.07, 6.45) is 5.09. The van der Waals surface area contributed by atoms with Crippen LogP contribution in [0.2, 0.25) is 0 Å². The van der Waals surface area contributed by atoms with Crippen LogP contribution in [-0.4, -0.2) is 12.0 Å². The molecule has 0 bridgehead atoms. The van der Waals surface area contributed by atoms with Crippen LogP contribution >= 0.6 is 27.7 Å². The number of halogens is 1. The molecular formula is C19H13BrO3S. The molecule has 0 atom stereocenters. The van der Waals surface area contributed by atoms with Crippen molar-refractivity contribution in [1.29, 1.82) is 0 Å². The Morgan fingerprint density at radius 3 is 2.58 bits per heavy atom. The lowest BCUT2D eigenvalue weighted by Crippen LogP contribution is -2.11. The van der Waals surface area contributed by atoms with E-state index in [1.165, 1.54) is 6.08 Å². The van der Waals surface area contributed by atoms with Gasteiger partial charge < -0.3 is 4.42 Å². The van der Waals surface area contributed by atoms with Crippen molar-refractivity contribution < 1.29 is 9.21 Å². The van der Waals surface area contributed by atoms with Crippen LogP contribution in [0.3, 0.4) is 0 Å². The molecule has 5 heteroatoms. The Bertz CT molecular complexity index is 988. The molecule has 1 heterocycles. The van der Waals surface area contributed by atoms with Crippen LogP contribution in [0, 0.1) is 0 Å². The third-order valence-electron chi connectivity index (χ3n) is 3.50. The minimum absolute atomic E-state index is 0.0255. The van der Waals surface area contributed by atoms with Crippen LogP contribution in [0.5, 0.6) is 0 Å². The van der Waals surface area contributed by atoms with E-state index < -0.39 is 5.63 Å². The molecule has 0 aliphatic rings. The van der Waals surface area contributed by atoms with Gasteiger partial charge in [-0.3, -0.25) is 4.79 Å². The van der Waals surface area contributed by atoms with E-state index in [2.05, 4.69) is 15.9 Å². The van der Waals surface area contributed by atoms with Crippen LogP contribution in [0.1, 0.15) is 15.9 Å². The van der Waals surface area contributed by atoms with Crippen molar-refractivity contribution in [1.82, 2.24) is 0 Å². The summed E-state index contributed by atoms with van der Waals surface area (Å²) in [6, 6.07) is 14.7. The zero-order valence-corrected chi connectivity index (χ0v) is 15.2. The molecule has 3 aromatic rings. The van der Waals surface area contributed by atoms with E-state index >= 15 is 0 Å². The Balaban J connectivity index is 1.91. The molecule has 0 spiro atoms. The first-order chi connectivity index (χ1) is 11.6. The molecule has 0 saturated carbocycles. The van der Waals surface area contributed by atoms with Gasteiger partial charge in [-0.15, -0.1) is 11.8 Å². The molecule has 0 unspecified atom stereocenters. The average Bonchev–Trinajstić information content (AvgIpc) is 2.60. The van der Waals surface area contributed by atoms with Gasteiger partial charge in [-0.2, -0.15) is 0 Å². The number of hydrogen-bond acceptors (Lipinski definition) is 4. The van der Waals surface area contributed by atoms with E-state index in [9.17, 15) is 9.59 Å². The average molecular weight is 401 g/mol. The van der Waals surface area contributed by atoms with Crippen molar-refractivity contribution in [2.75, 3.05) is 6.26 Å². The lowest BCUT2D eigenvalue weighted by atomic mass is 10.1. The number of carbonyl (C=O) groups is 1. The molecule has 0 amide bonds. The summed E-state index contributed by atoms with van der Waals surface area (Å²) >= 11 is 5.02. The van der Waals surface area contributed by atoms with Crippen molar-refractivity contribution in [3.63, 3.8) is 0 Å². The highest BCUT2D eigenvalue weighted by Gasteiger charge is 2.11. The maximum Gasteiger partial charge on any atom is 0.347 e. The maximum atomic E-state index is 12.3. The number of fused-ring (bicyclic) bond motifs is 1. The second-order valence-corrected chi connectivity index (χ2v) is 6.90. The van der Waals surface area contributed by atoms with Gasteiger partial charge in [-0.1, -0.05) is 34.1 Å². The summed E-state index contributed by atoms with van der Waals surface area (Å²) in [4.78, 5) is 25.5. The number of carbonyl (C=O) groups excluding carboxylic acids is 1. The lowest BCUT2D eigenvalue weighted by Gasteiger charge is -2.00. The Morgan fingerprint density at radius 1 is 1.12 bits per heavy atom. The number of benzene rings is 2. The Labute approximate surface area is 151 Å². The minimum atomic E-state index is -0.628. The van der Waals surface area contributed by atoms with Gasteiger partial charge in [0.2, 0.25) is 0 Å². The number of hydrogen-bond donors (Lipinski definition) is 0. The van der Waals surface area contributed by atoms with Crippen LogP contribution < -0.4 is 5.63 Å². The molecule has 0 aliphatic heterocycles. The van der Waals surface area contributed by atoms with E-state index in [1.54, 1.807) is 42.1 Å². The van der Waals surface area contributed by atoms with Gasteiger partial charge in [0.05, 0.1) is 0 Å². The third-order valence-corrected chi connectivity index (χ3v) is 4.74. The van der Waals surface area contributed by atoms with Gasteiger partial charge in [0, 0.05) is 14.8 Å². The maximum absolute atomic E-state index is 12.3.